The van der Waals surface area contributed by atoms with Crippen molar-refractivity contribution >= 4 is 35.9 Å². The van der Waals surface area contributed by atoms with Crippen LogP contribution >= 0.6 is 24.0 Å². The molecule has 2 N–H and O–H groups in total. The zero-order valence-corrected chi connectivity index (χ0v) is 18.6. The van der Waals surface area contributed by atoms with Gasteiger partial charge in [0, 0.05) is 45.2 Å². The number of hydrogen-bond donors (Lipinski definition) is 2. The Morgan fingerprint density at radius 2 is 1.62 bits per heavy atom. The van der Waals surface area contributed by atoms with Crippen LogP contribution < -0.4 is 10.6 Å². The molecule has 0 saturated heterocycles. The maximum Gasteiger partial charge on any atom is 0.305 e. The van der Waals surface area contributed by atoms with Gasteiger partial charge in [-0.25, -0.2) is 0 Å². The van der Waals surface area contributed by atoms with Crippen LogP contribution in [0.15, 0.2) is 4.99 Å². The molecular formula is C17H37IN4O2. The first-order valence-corrected chi connectivity index (χ1v) is 8.69. The molecule has 0 spiro atoms. The number of methoxy groups -OCH3 is 1. The van der Waals surface area contributed by atoms with Crippen LogP contribution in [0, 0.1) is 0 Å². The number of halogens is 1. The third-order valence-corrected chi connectivity index (χ3v) is 3.79. The molecule has 0 fully saturated rings. The van der Waals surface area contributed by atoms with E-state index in [1.807, 2.05) is 0 Å². The molecule has 24 heavy (non-hydrogen) atoms. The monoisotopic (exact) mass is 456 g/mol. The van der Waals surface area contributed by atoms with Crippen LogP contribution in [0.4, 0.5) is 0 Å². The van der Waals surface area contributed by atoms with Crippen molar-refractivity contribution in [2.45, 2.75) is 65.5 Å². The first kappa shape index (κ1) is 25.7. The van der Waals surface area contributed by atoms with E-state index < -0.39 is 0 Å². The van der Waals surface area contributed by atoms with E-state index in [1.165, 1.54) is 7.11 Å². The van der Waals surface area contributed by atoms with Gasteiger partial charge in [0.1, 0.15) is 0 Å². The van der Waals surface area contributed by atoms with E-state index in [9.17, 15) is 4.79 Å². The van der Waals surface area contributed by atoms with Gasteiger partial charge < -0.3 is 15.4 Å². The molecule has 0 aliphatic carbocycles. The van der Waals surface area contributed by atoms with Crippen LogP contribution in [0.25, 0.3) is 0 Å². The van der Waals surface area contributed by atoms with Crippen LogP contribution in [-0.4, -0.2) is 62.7 Å². The van der Waals surface area contributed by atoms with E-state index in [0.29, 0.717) is 18.5 Å². The number of carbonyl (C=O) groups excluding carboxylic acids is 1. The molecule has 0 bridgehead atoms. The van der Waals surface area contributed by atoms with Gasteiger partial charge in [0.25, 0.3) is 0 Å². The van der Waals surface area contributed by atoms with Crippen molar-refractivity contribution in [3.63, 3.8) is 0 Å². The standard InChI is InChI=1S/C17H36N4O2.HI/c1-14(2)21(15(3)4)13-12-20-17(18-5)19-11-9-7-8-10-16(22)23-6;/h14-15H,7-13H2,1-6H3,(H2,18,19,20);1H. The van der Waals surface area contributed by atoms with Crippen molar-refractivity contribution in [2.24, 2.45) is 4.99 Å². The van der Waals surface area contributed by atoms with Crippen LogP contribution in [0.2, 0.25) is 0 Å². The Bertz CT molecular complexity index is 341. The van der Waals surface area contributed by atoms with Crippen molar-refractivity contribution < 1.29 is 9.53 Å². The molecule has 0 amide bonds. The molecule has 7 heteroatoms. The lowest BCUT2D eigenvalue weighted by Crippen LogP contribution is -2.45. The highest BCUT2D eigenvalue weighted by molar-refractivity contribution is 14.0. The Balaban J connectivity index is 0. The molecule has 0 radical (unpaired) electrons. The fraction of sp³-hybridized carbons (Fsp3) is 0.882. The summed E-state index contributed by atoms with van der Waals surface area (Å²) in [5.41, 5.74) is 0. The Labute approximate surface area is 165 Å². The number of aliphatic imine (C=N–C) groups is 1. The fourth-order valence-corrected chi connectivity index (χ4v) is 2.52. The predicted octanol–water partition coefficient (Wildman–Crippen LogP) is 2.62. The lowest BCUT2D eigenvalue weighted by atomic mass is 10.2. The summed E-state index contributed by atoms with van der Waals surface area (Å²) in [6, 6.07) is 1.09. The van der Waals surface area contributed by atoms with Gasteiger partial charge in [-0.15, -0.1) is 24.0 Å². The van der Waals surface area contributed by atoms with Gasteiger partial charge in [-0.3, -0.25) is 14.7 Å². The molecule has 0 unspecified atom stereocenters. The molecule has 0 heterocycles. The number of hydrogen-bond acceptors (Lipinski definition) is 4. The zero-order chi connectivity index (χ0) is 17.7. The Hall–Kier alpha value is -0.570. The van der Waals surface area contributed by atoms with Crippen molar-refractivity contribution in [3.05, 3.63) is 0 Å². The summed E-state index contributed by atoms with van der Waals surface area (Å²) in [5.74, 6) is 0.709. The number of guanidine groups is 1. The second-order valence-corrected chi connectivity index (χ2v) is 6.24. The second-order valence-electron chi connectivity index (χ2n) is 6.24. The van der Waals surface area contributed by atoms with Gasteiger partial charge in [-0.2, -0.15) is 0 Å². The normalized spacial score (nSPS) is 11.6. The molecule has 0 saturated carbocycles. The maximum atomic E-state index is 11.0. The third kappa shape index (κ3) is 12.8. The quantitative estimate of drug-likeness (QED) is 0.165. The average Bonchev–Trinajstić information content (AvgIpc) is 2.51. The minimum atomic E-state index is -0.129. The highest BCUT2D eigenvalue weighted by atomic mass is 127. The van der Waals surface area contributed by atoms with E-state index >= 15 is 0 Å². The van der Waals surface area contributed by atoms with Crippen molar-refractivity contribution in [3.8, 4) is 0 Å². The summed E-state index contributed by atoms with van der Waals surface area (Å²) < 4.78 is 4.62. The fourth-order valence-electron chi connectivity index (χ4n) is 2.52. The zero-order valence-electron chi connectivity index (χ0n) is 16.2. The SMILES string of the molecule is CN=C(NCCCCCC(=O)OC)NCCN(C(C)C)C(C)C.I. The highest BCUT2D eigenvalue weighted by Crippen LogP contribution is 2.03. The first-order chi connectivity index (χ1) is 10.9. The van der Waals surface area contributed by atoms with Crippen molar-refractivity contribution in [1.82, 2.24) is 15.5 Å². The van der Waals surface area contributed by atoms with E-state index in [2.05, 4.69) is 53.0 Å². The number of ether oxygens (including phenoxy) is 1. The minimum absolute atomic E-state index is 0. The minimum Gasteiger partial charge on any atom is -0.469 e. The molecule has 0 aromatic carbocycles. The molecule has 144 valence electrons. The van der Waals surface area contributed by atoms with Gasteiger partial charge in [0.2, 0.25) is 0 Å². The number of carbonyl (C=O) groups is 1. The Kier molecular flexibility index (Phi) is 17.0. The van der Waals surface area contributed by atoms with Crippen LogP contribution in [0.3, 0.4) is 0 Å². The number of nitrogens with zero attached hydrogens (tertiary/aromatic N) is 2. The lowest BCUT2D eigenvalue weighted by molar-refractivity contribution is -0.140. The van der Waals surface area contributed by atoms with Crippen molar-refractivity contribution in [2.75, 3.05) is 33.8 Å². The van der Waals surface area contributed by atoms with Gasteiger partial charge >= 0.3 is 5.97 Å². The van der Waals surface area contributed by atoms with E-state index in [4.69, 9.17) is 0 Å². The number of unbranched alkanes of at least 4 members (excludes halogenated alkanes) is 2. The van der Waals surface area contributed by atoms with Gasteiger partial charge in [0.15, 0.2) is 5.96 Å². The van der Waals surface area contributed by atoms with Crippen LogP contribution in [0.5, 0.6) is 0 Å². The van der Waals surface area contributed by atoms with Crippen LogP contribution in [-0.2, 0) is 9.53 Å². The molecule has 0 atom stereocenters. The topological polar surface area (TPSA) is 66.0 Å². The van der Waals surface area contributed by atoms with Gasteiger partial charge in [-0.1, -0.05) is 6.42 Å². The molecule has 0 aromatic heterocycles. The smallest absolute Gasteiger partial charge is 0.305 e. The maximum absolute atomic E-state index is 11.0. The molecule has 0 aliphatic rings. The molecule has 0 aliphatic heterocycles. The largest absolute Gasteiger partial charge is 0.469 e. The van der Waals surface area contributed by atoms with E-state index in [1.54, 1.807) is 7.05 Å². The summed E-state index contributed by atoms with van der Waals surface area (Å²) in [5, 5.41) is 6.66. The van der Waals surface area contributed by atoms with Crippen molar-refractivity contribution in [1.29, 1.82) is 0 Å². The molecule has 0 rings (SSSR count). The third-order valence-electron chi connectivity index (χ3n) is 3.79. The summed E-state index contributed by atoms with van der Waals surface area (Å²) in [6.45, 7) is 11.6. The summed E-state index contributed by atoms with van der Waals surface area (Å²) in [4.78, 5) is 17.7. The van der Waals surface area contributed by atoms with Gasteiger partial charge in [0.05, 0.1) is 7.11 Å². The first-order valence-electron chi connectivity index (χ1n) is 8.69. The number of nitrogens with one attached hydrogen (secondary N) is 2. The lowest BCUT2D eigenvalue weighted by Gasteiger charge is -2.30. The Morgan fingerprint density at radius 1 is 1.04 bits per heavy atom. The van der Waals surface area contributed by atoms with Gasteiger partial charge in [-0.05, 0) is 40.5 Å². The predicted molar refractivity (Wildman–Crippen MR) is 112 cm³/mol. The summed E-state index contributed by atoms with van der Waals surface area (Å²) in [7, 11) is 3.22. The number of rotatable bonds is 11. The van der Waals surface area contributed by atoms with E-state index in [-0.39, 0.29) is 29.9 Å². The molecular weight excluding hydrogens is 419 g/mol. The molecule has 0 aromatic rings. The average molecular weight is 456 g/mol. The molecule has 6 nitrogen and oxygen atoms in total. The summed E-state index contributed by atoms with van der Waals surface area (Å²) >= 11 is 0. The Morgan fingerprint density at radius 3 is 2.12 bits per heavy atom. The van der Waals surface area contributed by atoms with Crippen LogP contribution in [0.1, 0.15) is 53.4 Å². The second kappa shape index (κ2) is 15.9. The summed E-state index contributed by atoms with van der Waals surface area (Å²) in [6.07, 6.45) is 3.40. The number of esters is 1. The van der Waals surface area contributed by atoms with E-state index in [0.717, 1.165) is 44.9 Å². The highest BCUT2D eigenvalue weighted by Gasteiger charge is 2.12.